The molecule has 1 N–H and O–H groups in total. The maximum absolute atomic E-state index is 4.63. The van der Waals surface area contributed by atoms with Gasteiger partial charge in [0.25, 0.3) is 0 Å². The number of anilines is 1. The van der Waals surface area contributed by atoms with Crippen LogP contribution in [0.4, 0.5) is 5.82 Å². The Morgan fingerprint density at radius 3 is 2.83 bits per heavy atom. The number of halogens is 1. The van der Waals surface area contributed by atoms with Gasteiger partial charge in [0.1, 0.15) is 5.82 Å². The lowest BCUT2D eigenvalue weighted by atomic mass is 10.2. The van der Waals surface area contributed by atoms with E-state index in [1.165, 1.54) is 18.4 Å². The van der Waals surface area contributed by atoms with Crippen LogP contribution in [0.3, 0.4) is 0 Å². The molecule has 1 heterocycles. The molecule has 0 aliphatic heterocycles. The van der Waals surface area contributed by atoms with E-state index in [0.717, 1.165) is 36.3 Å². The molecule has 0 atom stereocenters. The highest BCUT2D eigenvalue weighted by molar-refractivity contribution is 9.10. The van der Waals surface area contributed by atoms with E-state index in [2.05, 4.69) is 51.0 Å². The molecule has 4 heteroatoms. The fourth-order valence-corrected chi connectivity index (χ4v) is 2.61. The Hall–Kier alpha value is -0.610. The first kappa shape index (κ1) is 13.8. The second-order valence-corrected chi connectivity index (χ2v) is 5.75. The van der Waals surface area contributed by atoms with Gasteiger partial charge in [-0.3, -0.25) is 0 Å². The summed E-state index contributed by atoms with van der Waals surface area (Å²) >= 11 is 3.52. The lowest BCUT2D eigenvalue weighted by Crippen LogP contribution is -2.28. The van der Waals surface area contributed by atoms with Crippen molar-refractivity contribution in [3.63, 3.8) is 0 Å². The first-order valence-electron chi connectivity index (χ1n) is 6.88. The fraction of sp³-hybridized carbons (Fsp3) is 0.643. The molecule has 0 bridgehead atoms. The molecule has 0 saturated heterocycles. The predicted molar refractivity (Wildman–Crippen MR) is 80.0 cm³/mol. The minimum absolute atomic E-state index is 0.716. The zero-order chi connectivity index (χ0) is 13.0. The Balaban J connectivity index is 2.15. The van der Waals surface area contributed by atoms with Crippen molar-refractivity contribution in [3.05, 3.63) is 22.3 Å². The highest BCUT2D eigenvalue weighted by Gasteiger charge is 2.30. The van der Waals surface area contributed by atoms with Crippen LogP contribution in [-0.4, -0.2) is 24.1 Å². The van der Waals surface area contributed by atoms with Gasteiger partial charge in [-0.1, -0.05) is 6.92 Å². The molecule has 0 amide bonds. The topological polar surface area (TPSA) is 28.2 Å². The third kappa shape index (κ3) is 3.45. The van der Waals surface area contributed by atoms with E-state index in [-0.39, 0.29) is 0 Å². The summed E-state index contributed by atoms with van der Waals surface area (Å²) in [7, 11) is 0. The predicted octanol–water partition coefficient (Wildman–Crippen LogP) is 3.33. The molecule has 1 saturated carbocycles. The summed E-state index contributed by atoms with van der Waals surface area (Å²) < 4.78 is 1.06. The summed E-state index contributed by atoms with van der Waals surface area (Å²) in [6, 6.07) is 2.91. The quantitative estimate of drug-likeness (QED) is 0.783. The molecule has 1 fully saturated rings. The molecule has 1 aromatic rings. The van der Waals surface area contributed by atoms with Gasteiger partial charge in [0.05, 0.1) is 0 Å². The van der Waals surface area contributed by atoms with E-state index in [4.69, 9.17) is 0 Å². The lowest BCUT2D eigenvalue weighted by molar-refractivity contribution is 0.668. The maximum atomic E-state index is 4.63. The highest BCUT2D eigenvalue weighted by atomic mass is 79.9. The van der Waals surface area contributed by atoms with Crippen LogP contribution in [0.5, 0.6) is 0 Å². The molecule has 0 aromatic carbocycles. The largest absolute Gasteiger partial charge is 0.354 e. The summed E-state index contributed by atoms with van der Waals surface area (Å²) in [6.07, 6.45) is 5.70. The first-order chi connectivity index (χ1) is 8.76. The lowest BCUT2D eigenvalue weighted by Gasteiger charge is -2.24. The Kier molecular flexibility index (Phi) is 5.01. The standard InChI is InChI=1S/C14H22BrN3/c1-3-7-16-9-11-8-12(15)10-17-14(11)18(4-2)13-5-6-13/h8,10,13,16H,3-7,9H2,1-2H3. The monoisotopic (exact) mass is 311 g/mol. The van der Waals surface area contributed by atoms with E-state index in [1.807, 2.05) is 6.20 Å². The van der Waals surface area contributed by atoms with Crippen molar-refractivity contribution in [2.45, 2.75) is 45.7 Å². The van der Waals surface area contributed by atoms with Crippen LogP contribution < -0.4 is 10.2 Å². The summed E-state index contributed by atoms with van der Waals surface area (Å²) in [6.45, 7) is 7.40. The van der Waals surface area contributed by atoms with Crippen LogP contribution in [-0.2, 0) is 6.54 Å². The van der Waals surface area contributed by atoms with Gasteiger partial charge in [0.15, 0.2) is 0 Å². The summed E-state index contributed by atoms with van der Waals surface area (Å²) in [4.78, 5) is 7.07. The molecule has 18 heavy (non-hydrogen) atoms. The Bertz CT molecular complexity index is 391. The van der Waals surface area contributed by atoms with Crippen molar-refractivity contribution in [2.24, 2.45) is 0 Å². The number of hydrogen-bond acceptors (Lipinski definition) is 3. The van der Waals surface area contributed by atoms with E-state index in [0.29, 0.717) is 6.04 Å². The zero-order valence-electron chi connectivity index (χ0n) is 11.2. The van der Waals surface area contributed by atoms with Gasteiger partial charge in [-0.05, 0) is 54.7 Å². The minimum atomic E-state index is 0.716. The molecule has 100 valence electrons. The molecule has 0 radical (unpaired) electrons. The molecular formula is C14H22BrN3. The maximum Gasteiger partial charge on any atom is 0.133 e. The Morgan fingerprint density at radius 1 is 1.44 bits per heavy atom. The molecule has 0 spiro atoms. The number of nitrogens with zero attached hydrogens (tertiary/aromatic N) is 2. The molecule has 1 aliphatic carbocycles. The average molecular weight is 312 g/mol. The van der Waals surface area contributed by atoms with Crippen molar-refractivity contribution < 1.29 is 0 Å². The molecule has 1 aliphatic rings. The summed E-state index contributed by atoms with van der Waals surface area (Å²) in [5.74, 6) is 1.16. The number of aromatic nitrogens is 1. The van der Waals surface area contributed by atoms with Crippen LogP contribution in [0, 0.1) is 0 Å². The van der Waals surface area contributed by atoms with E-state index in [1.54, 1.807) is 0 Å². The molecule has 2 rings (SSSR count). The van der Waals surface area contributed by atoms with Crippen molar-refractivity contribution in [1.82, 2.24) is 10.3 Å². The minimum Gasteiger partial charge on any atom is -0.354 e. The first-order valence-corrected chi connectivity index (χ1v) is 7.67. The second kappa shape index (κ2) is 6.53. The van der Waals surface area contributed by atoms with Gasteiger partial charge in [0, 0.05) is 35.4 Å². The third-order valence-electron chi connectivity index (χ3n) is 3.25. The summed E-state index contributed by atoms with van der Waals surface area (Å²) in [5, 5.41) is 3.47. The van der Waals surface area contributed by atoms with Gasteiger partial charge >= 0.3 is 0 Å². The number of nitrogens with one attached hydrogen (secondary N) is 1. The molecular weight excluding hydrogens is 290 g/mol. The number of hydrogen-bond donors (Lipinski definition) is 1. The van der Waals surface area contributed by atoms with Crippen molar-refractivity contribution in [2.75, 3.05) is 18.0 Å². The third-order valence-corrected chi connectivity index (χ3v) is 3.69. The van der Waals surface area contributed by atoms with Gasteiger partial charge < -0.3 is 10.2 Å². The van der Waals surface area contributed by atoms with Gasteiger partial charge in [-0.15, -0.1) is 0 Å². The fourth-order valence-electron chi connectivity index (χ4n) is 2.23. The van der Waals surface area contributed by atoms with Gasteiger partial charge in [-0.25, -0.2) is 4.98 Å². The summed E-state index contributed by atoms with van der Waals surface area (Å²) in [5.41, 5.74) is 1.30. The van der Waals surface area contributed by atoms with Crippen molar-refractivity contribution in [3.8, 4) is 0 Å². The van der Waals surface area contributed by atoms with Crippen LogP contribution >= 0.6 is 15.9 Å². The normalized spacial score (nSPS) is 14.8. The smallest absolute Gasteiger partial charge is 0.133 e. The highest BCUT2D eigenvalue weighted by Crippen LogP contribution is 2.32. The number of pyridine rings is 1. The van der Waals surface area contributed by atoms with Crippen LogP contribution in [0.25, 0.3) is 0 Å². The van der Waals surface area contributed by atoms with Crippen molar-refractivity contribution >= 4 is 21.7 Å². The molecule has 0 unspecified atom stereocenters. The molecule has 1 aromatic heterocycles. The van der Waals surface area contributed by atoms with Crippen molar-refractivity contribution in [1.29, 1.82) is 0 Å². The van der Waals surface area contributed by atoms with Gasteiger partial charge in [0.2, 0.25) is 0 Å². The van der Waals surface area contributed by atoms with Crippen LogP contribution in [0.1, 0.15) is 38.7 Å². The van der Waals surface area contributed by atoms with Gasteiger partial charge in [-0.2, -0.15) is 0 Å². The second-order valence-electron chi connectivity index (χ2n) is 4.83. The Morgan fingerprint density at radius 2 is 2.22 bits per heavy atom. The SMILES string of the molecule is CCCNCc1cc(Br)cnc1N(CC)C1CC1. The van der Waals surface area contributed by atoms with Crippen LogP contribution in [0.2, 0.25) is 0 Å². The van der Waals surface area contributed by atoms with E-state index < -0.39 is 0 Å². The Labute approximate surface area is 118 Å². The van der Waals surface area contributed by atoms with E-state index >= 15 is 0 Å². The average Bonchev–Trinajstić information content (AvgIpc) is 3.17. The van der Waals surface area contributed by atoms with Crippen LogP contribution in [0.15, 0.2) is 16.7 Å². The number of rotatable bonds is 7. The van der Waals surface area contributed by atoms with E-state index in [9.17, 15) is 0 Å². The molecule has 3 nitrogen and oxygen atoms in total. The zero-order valence-corrected chi connectivity index (χ0v) is 12.8.